The number of nitrogens with zero attached hydrogens (tertiary/aromatic N) is 3. The minimum Gasteiger partial charge on any atom is -0.306 e. The van der Waals surface area contributed by atoms with Crippen molar-refractivity contribution >= 4 is 7.60 Å². The fourth-order valence-corrected chi connectivity index (χ4v) is 3.78. The SMILES string of the molecule is C=C(C(N=[N+]=[N-])=C1CCCCC1)P(=O)(OCC)OCC. The van der Waals surface area contributed by atoms with Gasteiger partial charge >= 0.3 is 7.60 Å². The van der Waals surface area contributed by atoms with E-state index < -0.39 is 7.60 Å². The topological polar surface area (TPSA) is 84.3 Å². The molecular formula is C13H22N3O3P. The number of hydrogen-bond donors (Lipinski definition) is 0. The van der Waals surface area contributed by atoms with Crippen molar-refractivity contribution in [2.24, 2.45) is 5.11 Å². The van der Waals surface area contributed by atoms with E-state index in [4.69, 9.17) is 14.6 Å². The van der Waals surface area contributed by atoms with Crippen molar-refractivity contribution in [1.29, 1.82) is 0 Å². The lowest BCUT2D eigenvalue weighted by atomic mass is 9.93. The van der Waals surface area contributed by atoms with Crippen molar-refractivity contribution in [1.82, 2.24) is 0 Å². The quantitative estimate of drug-likeness (QED) is 0.277. The van der Waals surface area contributed by atoms with Crippen molar-refractivity contribution in [3.8, 4) is 0 Å². The minimum atomic E-state index is -3.48. The van der Waals surface area contributed by atoms with Crippen molar-refractivity contribution in [3.63, 3.8) is 0 Å². The maximum absolute atomic E-state index is 12.7. The average molecular weight is 299 g/mol. The Labute approximate surface area is 120 Å². The van der Waals surface area contributed by atoms with Crippen LogP contribution in [0.3, 0.4) is 0 Å². The molecule has 0 unspecified atom stereocenters. The first kappa shape index (κ1) is 17.0. The van der Waals surface area contributed by atoms with Gasteiger partial charge in [0, 0.05) is 4.91 Å². The third kappa shape index (κ3) is 4.22. The molecule has 0 aromatic heterocycles. The Morgan fingerprint density at radius 1 is 1.30 bits per heavy atom. The van der Waals surface area contributed by atoms with Gasteiger partial charge in [0.2, 0.25) is 0 Å². The molecule has 0 amide bonds. The second-order valence-corrected chi connectivity index (χ2v) is 6.53. The smallest absolute Gasteiger partial charge is 0.306 e. The average Bonchev–Trinajstić information content (AvgIpc) is 2.45. The minimum absolute atomic E-state index is 0.177. The first-order chi connectivity index (χ1) is 9.59. The Morgan fingerprint density at radius 2 is 1.85 bits per heavy atom. The number of azide groups is 1. The lowest BCUT2D eigenvalue weighted by molar-refractivity contribution is 0.227. The molecule has 0 aliphatic heterocycles. The van der Waals surface area contributed by atoms with Gasteiger partial charge in [-0.1, -0.05) is 23.7 Å². The standard InChI is InChI=1S/C13H22N3O3P/c1-4-18-20(17,19-5-2)11(3)13(15-16-14)12-9-7-6-8-10-12/h3-10H2,1-2H3. The van der Waals surface area contributed by atoms with Gasteiger partial charge in [0.1, 0.15) is 0 Å². The molecule has 1 saturated carbocycles. The highest BCUT2D eigenvalue weighted by molar-refractivity contribution is 7.58. The fourth-order valence-electron chi connectivity index (χ4n) is 2.26. The van der Waals surface area contributed by atoms with Gasteiger partial charge in [-0.05, 0) is 45.1 Å². The molecule has 20 heavy (non-hydrogen) atoms. The van der Waals surface area contributed by atoms with Crippen molar-refractivity contribution in [2.45, 2.75) is 46.0 Å². The third-order valence-electron chi connectivity index (χ3n) is 3.14. The Bertz CT molecular complexity index is 463. The third-order valence-corrected chi connectivity index (χ3v) is 5.21. The van der Waals surface area contributed by atoms with Crippen LogP contribution in [0.2, 0.25) is 0 Å². The Morgan fingerprint density at radius 3 is 2.30 bits per heavy atom. The molecule has 0 bridgehead atoms. The summed E-state index contributed by atoms with van der Waals surface area (Å²) in [7, 11) is -3.48. The van der Waals surface area contributed by atoms with E-state index in [0.717, 1.165) is 37.7 Å². The van der Waals surface area contributed by atoms with Crippen LogP contribution >= 0.6 is 7.60 Å². The molecule has 1 fully saturated rings. The largest absolute Gasteiger partial charge is 0.361 e. The molecule has 6 nitrogen and oxygen atoms in total. The molecule has 1 aliphatic rings. The molecule has 0 radical (unpaired) electrons. The molecule has 7 heteroatoms. The monoisotopic (exact) mass is 299 g/mol. The first-order valence-corrected chi connectivity index (χ1v) is 8.49. The second-order valence-electron chi connectivity index (χ2n) is 4.48. The van der Waals surface area contributed by atoms with E-state index in [1.54, 1.807) is 13.8 Å². The van der Waals surface area contributed by atoms with E-state index in [1.165, 1.54) is 0 Å². The summed E-state index contributed by atoms with van der Waals surface area (Å²) in [5, 5.41) is 3.88. The van der Waals surface area contributed by atoms with Gasteiger partial charge in [-0.25, -0.2) is 0 Å². The molecule has 0 spiro atoms. The fraction of sp³-hybridized carbons (Fsp3) is 0.692. The summed E-state index contributed by atoms with van der Waals surface area (Å²) in [6.07, 6.45) is 4.92. The van der Waals surface area contributed by atoms with Crippen LogP contribution in [0, 0.1) is 0 Å². The van der Waals surface area contributed by atoms with Crippen LogP contribution < -0.4 is 0 Å². The second kappa shape index (κ2) is 8.28. The highest BCUT2D eigenvalue weighted by Gasteiger charge is 2.31. The highest BCUT2D eigenvalue weighted by Crippen LogP contribution is 2.58. The lowest BCUT2D eigenvalue weighted by Gasteiger charge is -2.23. The summed E-state index contributed by atoms with van der Waals surface area (Å²) in [6.45, 7) is 7.78. The Kier molecular flexibility index (Phi) is 7.03. The van der Waals surface area contributed by atoms with E-state index in [1.807, 2.05) is 0 Å². The molecule has 0 aromatic carbocycles. The van der Waals surface area contributed by atoms with E-state index >= 15 is 0 Å². The van der Waals surface area contributed by atoms with Gasteiger partial charge in [0.05, 0.1) is 24.2 Å². The number of allylic oxidation sites excluding steroid dienone is 2. The lowest BCUT2D eigenvalue weighted by Crippen LogP contribution is -2.03. The molecule has 0 saturated heterocycles. The van der Waals surface area contributed by atoms with Gasteiger partial charge in [-0.2, -0.15) is 0 Å². The van der Waals surface area contributed by atoms with Crippen LogP contribution in [0.5, 0.6) is 0 Å². The van der Waals surface area contributed by atoms with Crippen molar-refractivity contribution < 1.29 is 13.6 Å². The van der Waals surface area contributed by atoms with Crippen LogP contribution in [0.15, 0.2) is 28.3 Å². The normalized spacial score (nSPS) is 15.6. The Balaban J connectivity index is 3.15. The number of rotatable bonds is 7. The van der Waals surface area contributed by atoms with Crippen LogP contribution in [0.1, 0.15) is 46.0 Å². The summed E-state index contributed by atoms with van der Waals surface area (Å²) in [4.78, 5) is 2.84. The maximum Gasteiger partial charge on any atom is 0.361 e. The summed E-state index contributed by atoms with van der Waals surface area (Å²) in [5.41, 5.74) is 10.1. The van der Waals surface area contributed by atoms with Gasteiger partial charge in [0.25, 0.3) is 0 Å². The summed E-state index contributed by atoms with van der Waals surface area (Å²) < 4.78 is 23.2. The molecule has 1 aliphatic carbocycles. The zero-order chi connectivity index (χ0) is 15.0. The zero-order valence-corrected chi connectivity index (χ0v) is 13.1. The predicted octanol–water partition coefficient (Wildman–Crippen LogP) is 5.29. The van der Waals surface area contributed by atoms with Crippen LogP contribution in [-0.4, -0.2) is 13.2 Å². The van der Waals surface area contributed by atoms with E-state index in [9.17, 15) is 4.57 Å². The van der Waals surface area contributed by atoms with Gasteiger partial charge in [0.15, 0.2) is 0 Å². The maximum atomic E-state index is 12.7. The van der Waals surface area contributed by atoms with Crippen LogP contribution in [0.25, 0.3) is 10.4 Å². The highest BCUT2D eigenvalue weighted by atomic mass is 31.2. The molecule has 1 rings (SSSR count). The molecule has 0 atom stereocenters. The van der Waals surface area contributed by atoms with E-state index in [2.05, 4.69) is 16.6 Å². The zero-order valence-electron chi connectivity index (χ0n) is 12.2. The molecule has 0 aromatic rings. The molecule has 112 valence electrons. The van der Waals surface area contributed by atoms with Gasteiger partial charge in [-0.15, -0.1) is 0 Å². The summed E-state index contributed by atoms with van der Waals surface area (Å²) in [5.74, 6) is 0. The first-order valence-electron chi connectivity index (χ1n) is 6.95. The molecule has 0 N–H and O–H groups in total. The molecule has 0 heterocycles. The van der Waals surface area contributed by atoms with Crippen molar-refractivity contribution in [3.05, 3.63) is 33.6 Å². The van der Waals surface area contributed by atoms with Gasteiger partial charge < -0.3 is 9.05 Å². The Hall–Kier alpha value is -1.06. The van der Waals surface area contributed by atoms with E-state index in [0.29, 0.717) is 5.70 Å². The molecular weight excluding hydrogens is 277 g/mol. The van der Waals surface area contributed by atoms with Crippen LogP contribution in [0.4, 0.5) is 0 Å². The predicted molar refractivity (Wildman–Crippen MR) is 79.3 cm³/mol. The van der Waals surface area contributed by atoms with Crippen molar-refractivity contribution in [2.75, 3.05) is 13.2 Å². The number of hydrogen-bond acceptors (Lipinski definition) is 4. The summed E-state index contributed by atoms with van der Waals surface area (Å²) >= 11 is 0. The van der Waals surface area contributed by atoms with Gasteiger partial charge in [-0.3, -0.25) is 4.57 Å². The summed E-state index contributed by atoms with van der Waals surface area (Å²) in [6, 6.07) is 0. The van der Waals surface area contributed by atoms with E-state index in [-0.39, 0.29) is 18.5 Å². The van der Waals surface area contributed by atoms with Crippen LogP contribution in [-0.2, 0) is 13.6 Å².